The molecule has 1 amide bonds. The van der Waals surface area contributed by atoms with Gasteiger partial charge >= 0.3 is 0 Å². The second-order valence-corrected chi connectivity index (χ2v) is 2.96. The number of nitrogens with one attached hydrogen (secondary N) is 1. The van der Waals surface area contributed by atoms with Gasteiger partial charge in [-0.3, -0.25) is 9.79 Å². The van der Waals surface area contributed by atoms with E-state index in [1.165, 1.54) is 14.2 Å². The van der Waals surface area contributed by atoms with Crippen LogP contribution < -0.4 is 14.8 Å². The van der Waals surface area contributed by atoms with Crippen molar-refractivity contribution in [3.05, 3.63) is 17.7 Å². The molecule has 0 heterocycles. The summed E-state index contributed by atoms with van der Waals surface area (Å²) in [7, 11) is 4.57. The van der Waals surface area contributed by atoms with Crippen molar-refractivity contribution in [3.63, 3.8) is 0 Å². The first kappa shape index (κ1) is 12.0. The van der Waals surface area contributed by atoms with Crippen LogP contribution in [0.2, 0.25) is 0 Å². The molecule has 0 spiro atoms. The smallest absolute Gasteiger partial charge is 0.253 e. The molecule has 0 saturated carbocycles. The topological polar surface area (TPSA) is 59.9 Å². The summed E-state index contributed by atoms with van der Waals surface area (Å²) in [6.45, 7) is 3.41. The van der Waals surface area contributed by atoms with Gasteiger partial charge in [0.1, 0.15) is 0 Å². The minimum Gasteiger partial charge on any atom is -0.493 e. The van der Waals surface area contributed by atoms with Crippen molar-refractivity contribution >= 4 is 18.3 Å². The summed E-state index contributed by atoms with van der Waals surface area (Å²) in [5.41, 5.74) is 0.854. The predicted octanol–water partition coefficient (Wildman–Crippen LogP) is 1.40. The molecule has 0 aliphatic carbocycles. The number of nitrogens with zero attached hydrogens (tertiary/aromatic N) is 1. The number of amides is 1. The molecule has 0 saturated heterocycles. The van der Waals surface area contributed by atoms with Crippen molar-refractivity contribution in [2.45, 2.75) is 0 Å². The van der Waals surface area contributed by atoms with Crippen molar-refractivity contribution in [2.24, 2.45) is 4.99 Å². The van der Waals surface area contributed by atoms with Crippen LogP contribution in [0.1, 0.15) is 10.4 Å². The van der Waals surface area contributed by atoms with Crippen LogP contribution in [0, 0.1) is 0 Å². The average Bonchev–Trinajstić information content (AvgIpc) is 2.35. The highest BCUT2D eigenvalue weighted by Crippen LogP contribution is 2.34. The van der Waals surface area contributed by atoms with Gasteiger partial charge in [0.2, 0.25) is 0 Å². The Labute approximate surface area is 94.1 Å². The Morgan fingerprint density at radius 1 is 1.31 bits per heavy atom. The summed E-state index contributed by atoms with van der Waals surface area (Å²) in [6, 6.07) is 3.18. The Balaban J connectivity index is 3.37. The molecule has 1 aromatic carbocycles. The molecule has 5 nitrogen and oxygen atoms in total. The zero-order valence-electron chi connectivity index (χ0n) is 9.53. The van der Waals surface area contributed by atoms with Crippen LogP contribution in [0.4, 0.5) is 5.69 Å². The Hall–Kier alpha value is -2.04. The van der Waals surface area contributed by atoms with Crippen LogP contribution in [0.5, 0.6) is 11.5 Å². The largest absolute Gasteiger partial charge is 0.493 e. The fraction of sp³-hybridized carbons (Fsp3) is 0.273. The van der Waals surface area contributed by atoms with Gasteiger partial charge in [0.25, 0.3) is 5.91 Å². The van der Waals surface area contributed by atoms with Crippen LogP contribution in [0.25, 0.3) is 0 Å². The number of rotatable bonds is 4. The Morgan fingerprint density at radius 3 is 2.31 bits per heavy atom. The zero-order chi connectivity index (χ0) is 12.1. The van der Waals surface area contributed by atoms with E-state index >= 15 is 0 Å². The molecule has 0 atom stereocenters. The summed E-state index contributed by atoms with van der Waals surface area (Å²) in [4.78, 5) is 15.3. The van der Waals surface area contributed by atoms with Gasteiger partial charge in [-0.25, -0.2) is 0 Å². The number of methoxy groups -OCH3 is 2. The summed E-state index contributed by atoms with van der Waals surface area (Å²) in [5, 5.41) is 2.52. The maximum atomic E-state index is 11.6. The molecule has 0 aliphatic heterocycles. The van der Waals surface area contributed by atoms with Crippen LogP contribution in [0.3, 0.4) is 0 Å². The lowest BCUT2D eigenvalue weighted by atomic mass is 10.1. The van der Waals surface area contributed by atoms with Gasteiger partial charge in [-0.2, -0.15) is 0 Å². The summed E-state index contributed by atoms with van der Waals surface area (Å²) >= 11 is 0. The molecule has 5 heteroatoms. The lowest BCUT2D eigenvalue weighted by Crippen LogP contribution is -2.18. The third kappa shape index (κ3) is 2.13. The molecule has 16 heavy (non-hydrogen) atoms. The second-order valence-electron chi connectivity index (χ2n) is 2.96. The summed E-state index contributed by atoms with van der Waals surface area (Å²) in [6.07, 6.45) is 0. The minimum absolute atomic E-state index is 0.247. The second kappa shape index (κ2) is 5.16. The van der Waals surface area contributed by atoms with Crippen molar-refractivity contribution in [2.75, 3.05) is 21.3 Å². The number of hydrogen-bond donors (Lipinski definition) is 1. The number of carbonyl (C=O) groups excluding carboxylic acids is 1. The van der Waals surface area contributed by atoms with Crippen molar-refractivity contribution in [3.8, 4) is 11.5 Å². The van der Waals surface area contributed by atoms with Gasteiger partial charge in [-0.05, 0) is 12.8 Å². The van der Waals surface area contributed by atoms with Gasteiger partial charge in [-0.1, -0.05) is 0 Å². The van der Waals surface area contributed by atoms with Crippen LogP contribution in [0.15, 0.2) is 17.1 Å². The highest BCUT2D eigenvalue weighted by Gasteiger charge is 2.14. The van der Waals surface area contributed by atoms with E-state index < -0.39 is 0 Å². The van der Waals surface area contributed by atoms with Gasteiger partial charge in [0.05, 0.1) is 25.5 Å². The van der Waals surface area contributed by atoms with E-state index in [4.69, 9.17) is 9.47 Å². The standard InChI is InChI=1S/C11H14N2O3/c1-12-8-6-10(16-4)9(15-3)5-7(8)11(14)13-2/h5-6H,1H2,2-4H3,(H,13,14). The van der Waals surface area contributed by atoms with E-state index in [0.29, 0.717) is 22.7 Å². The third-order valence-corrected chi connectivity index (χ3v) is 2.14. The Kier molecular flexibility index (Phi) is 3.88. The lowest BCUT2D eigenvalue weighted by Gasteiger charge is -2.11. The maximum absolute atomic E-state index is 11.6. The number of hydrogen-bond acceptors (Lipinski definition) is 4. The SMILES string of the molecule is C=Nc1cc(OC)c(OC)cc1C(=O)NC. The molecule has 1 rings (SSSR count). The monoisotopic (exact) mass is 222 g/mol. The van der Waals surface area contributed by atoms with E-state index in [-0.39, 0.29) is 5.91 Å². The van der Waals surface area contributed by atoms with Gasteiger partial charge in [0, 0.05) is 13.1 Å². The minimum atomic E-state index is -0.247. The molecule has 1 N–H and O–H groups in total. The molecule has 0 unspecified atom stereocenters. The summed E-state index contributed by atoms with van der Waals surface area (Å²) < 4.78 is 10.2. The van der Waals surface area contributed by atoms with Crippen LogP contribution in [-0.4, -0.2) is 33.9 Å². The normalized spacial score (nSPS) is 9.44. The zero-order valence-corrected chi connectivity index (χ0v) is 9.53. The van der Waals surface area contributed by atoms with E-state index in [1.807, 2.05) is 0 Å². The molecule has 1 aromatic rings. The first-order valence-corrected chi connectivity index (χ1v) is 4.62. The van der Waals surface area contributed by atoms with Crippen molar-refractivity contribution in [1.82, 2.24) is 5.32 Å². The van der Waals surface area contributed by atoms with Crippen molar-refractivity contribution in [1.29, 1.82) is 0 Å². The third-order valence-electron chi connectivity index (χ3n) is 2.14. The molecule has 0 radical (unpaired) electrons. The molecule has 0 fully saturated rings. The van der Waals surface area contributed by atoms with Crippen LogP contribution in [-0.2, 0) is 0 Å². The number of benzene rings is 1. The number of carbonyl (C=O) groups is 1. The van der Waals surface area contributed by atoms with Crippen LogP contribution >= 0.6 is 0 Å². The molecule has 86 valence electrons. The molecule has 0 bridgehead atoms. The van der Waals surface area contributed by atoms with Gasteiger partial charge in [0.15, 0.2) is 11.5 Å². The lowest BCUT2D eigenvalue weighted by molar-refractivity contribution is 0.0963. The van der Waals surface area contributed by atoms with E-state index in [9.17, 15) is 4.79 Å². The molecular formula is C11H14N2O3. The number of aliphatic imine (C=N–C) groups is 1. The first-order chi connectivity index (χ1) is 7.67. The van der Waals surface area contributed by atoms with Crippen molar-refractivity contribution < 1.29 is 14.3 Å². The van der Waals surface area contributed by atoms with E-state index in [2.05, 4.69) is 17.0 Å². The van der Waals surface area contributed by atoms with E-state index in [0.717, 1.165) is 0 Å². The van der Waals surface area contributed by atoms with Gasteiger partial charge < -0.3 is 14.8 Å². The molecular weight excluding hydrogens is 208 g/mol. The van der Waals surface area contributed by atoms with Gasteiger partial charge in [-0.15, -0.1) is 0 Å². The summed E-state index contributed by atoms with van der Waals surface area (Å²) in [5.74, 6) is 0.745. The Bertz CT molecular complexity index is 416. The predicted molar refractivity (Wildman–Crippen MR) is 62.1 cm³/mol. The molecule has 0 aromatic heterocycles. The average molecular weight is 222 g/mol. The molecule has 0 aliphatic rings. The fourth-order valence-corrected chi connectivity index (χ4v) is 1.32. The maximum Gasteiger partial charge on any atom is 0.253 e. The first-order valence-electron chi connectivity index (χ1n) is 4.62. The van der Waals surface area contributed by atoms with E-state index in [1.54, 1.807) is 19.2 Å². The Morgan fingerprint density at radius 2 is 1.88 bits per heavy atom. The highest BCUT2D eigenvalue weighted by molar-refractivity contribution is 6.00. The number of ether oxygens (including phenoxy) is 2. The highest BCUT2D eigenvalue weighted by atomic mass is 16.5. The fourth-order valence-electron chi connectivity index (χ4n) is 1.32. The quantitative estimate of drug-likeness (QED) is 0.783.